The highest BCUT2D eigenvalue weighted by Gasteiger charge is 2.25. The van der Waals surface area contributed by atoms with Crippen LogP contribution in [0.3, 0.4) is 0 Å². The molecule has 114 valence electrons. The Morgan fingerprint density at radius 3 is 2.38 bits per heavy atom. The maximum Gasteiger partial charge on any atom is 0.265 e. The van der Waals surface area contributed by atoms with Crippen molar-refractivity contribution in [1.82, 2.24) is 4.57 Å². The molecule has 2 aromatic rings. The van der Waals surface area contributed by atoms with E-state index in [-0.39, 0.29) is 18.0 Å². The van der Waals surface area contributed by atoms with E-state index in [9.17, 15) is 12.8 Å². The second-order valence-corrected chi connectivity index (χ2v) is 6.49. The lowest BCUT2D eigenvalue weighted by molar-refractivity contribution is 0.591. The first-order valence-corrected chi connectivity index (χ1v) is 7.97. The number of rotatable bonds is 5. The molecule has 0 saturated carbocycles. The van der Waals surface area contributed by atoms with Gasteiger partial charge in [0.2, 0.25) is 0 Å². The summed E-state index contributed by atoms with van der Waals surface area (Å²) in [7, 11) is -1.95. The summed E-state index contributed by atoms with van der Waals surface area (Å²) in [4.78, 5) is 0.177. The van der Waals surface area contributed by atoms with Crippen LogP contribution in [-0.4, -0.2) is 19.5 Å². The van der Waals surface area contributed by atoms with E-state index in [2.05, 4.69) is 0 Å². The fraction of sp³-hybridized carbons (Fsp3) is 0.286. The van der Waals surface area contributed by atoms with Crippen LogP contribution in [0.2, 0.25) is 0 Å². The fourth-order valence-corrected chi connectivity index (χ4v) is 3.72. The van der Waals surface area contributed by atoms with Crippen LogP contribution in [0, 0.1) is 5.82 Å². The minimum absolute atomic E-state index is 0.177. The Labute approximate surface area is 123 Å². The molecule has 0 aliphatic rings. The van der Waals surface area contributed by atoms with Crippen LogP contribution >= 0.6 is 0 Å². The van der Waals surface area contributed by atoms with E-state index in [0.717, 1.165) is 5.69 Å². The molecule has 0 radical (unpaired) electrons. The van der Waals surface area contributed by atoms with E-state index in [4.69, 9.17) is 5.73 Å². The molecule has 0 aliphatic heterocycles. The van der Waals surface area contributed by atoms with Gasteiger partial charge in [-0.3, -0.25) is 4.31 Å². The SMILES string of the molecule is CCN(c1ccc(F)cc1)S(=O)(=O)c1cc(CN)n(C)c1. The summed E-state index contributed by atoms with van der Waals surface area (Å²) in [5.41, 5.74) is 6.73. The molecule has 0 bridgehead atoms. The summed E-state index contributed by atoms with van der Waals surface area (Å²) in [6.45, 7) is 2.24. The van der Waals surface area contributed by atoms with Crippen molar-refractivity contribution in [1.29, 1.82) is 0 Å². The van der Waals surface area contributed by atoms with Crippen molar-refractivity contribution < 1.29 is 12.8 Å². The van der Waals surface area contributed by atoms with E-state index >= 15 is 0 Å². The molecule has 2 N–H and O–H groups in total. The Bertz CT molecular complexity index is 723. The van der Waals surface area contributed by atoms with Gasteiger partial charge in [0, 0.05) is 32.0 Å². The zero-order valence-corrected chi connectivity index (χ0v) is 12.8. The van der Waals surface area contributed by atoms with Crippen LogP contribution in [0.4, 0.5) is 10.1 Å². The van der Waals surface area contributed by atoms with Crippen molar-refractivity contribution in [3.8, 4) is 0 Å². The fourth-order valence-electron chi connectivity index (χ4n) is 2.15. The first kappa shape index (κ1) is 15.5. The lowest BCUT2D eigenvalue weighted by atomic mass is 10.3. The Morgan fingerprint density at radius 2 is 1.90 bits per heavy atom. The maximum atomic E-state index is 13.0. The second kappa shape index (κ2) is 5.87. The number of aryl methyl sites for hydroxylation is 1. The molecule has 0 atom stereocenters. The van der Waals surface area contributed by atoms with E-state index < -0.39 is 15.8 Å². The van der Waals surface area contributed by atoms with Gasteiger partial charge in [0.25, 0.3) is 10.0 Å². The van der Waals surface area contributed by atoms with Crippen molar-refractivity contribution in [2.24, 2.45) is 12.8 Å². The molecule has 0 amide bonds. The van der Waals surface area contributed by atoms with Crippen molar-refractivity contribution in [2.75, 3.05) is 10.8 Å². The van der Waals surface area contributed by atoms with E-state index in [1.807, 2.05) is 0 Å². The molecule has 0 aliphatic carbocycles. The normalized spacial score (nSPS) is 11.6. The molecule has 7 heteroatoms. The summed E-state index contributed by atoms with van der Waals surface area (Å²) in [6, 6.07) is 6.93. The van der Waals surface area contributed by atoms with Gasteiger partial charge < -0.3 is 10.3 Å². The van der Waals surface area contributed by atoms with Gasteiger partial charge in [-0.1, -0.05) is 0 Å². The topological polar surface area (TPSA) is 68.3 Å². The number of benzene rings is 1. The van der Waals surface area contributed by atoms with Gasteiger partial charge in [-0.2, -0.15) is 0 Å². The molecule has 0 fully saturated rings. The molecule has 1 heterocycles. The molecule has 0 saturated heterocycles. The Morgan fingerprint density at radius 1 is 1.29 bits per heavy atom. The second-order valence-electron chi connectivity index (χ2n) is 4.63. The first-order chi connectivity index (χ1) is 9.90. The van der Waals surface area contributed by atoms with Gasteiger partial charge in [-0.15, -0.1) is 0 Å². The molecule has 5 nitrogen and oxygen atoms in total. The van der Waals surface area contributed by atoms with Crippen LogP contribution in [0.15, 0.2) is 41.4 Å². The number of aromatic nitrogens is 1. The Hall–Kier alpha value is -1.86. The number of nitrogens with two attached hydrogens (primary N) is 1. The third-order valence-corrected chi connectivity index (χ3v) is 5.15. The van der Waals surface area contributed by atoms with E-state index in [1.165, 1.54) is 34.8 Å². The van der Waals surface area contributed by atoms with Gasteiger partial charge in [-0.05, 0) is 37.3 Å². The molecule has 1 aromatic heterocycles. The summed E-state index contributed by atoms with van der Waals surface area (Å²) >= 11 is 0. The van der Waals surface area contributed by atoms with Crippen LogP contribution in [-0.2, 0) is 23.6 Å². The Balaban J connectivity index is 2.46. The number of sulfonamides is 1. The van der Waals surface area contributed by atoms with Crippen LogP contribution < -0.4 is 10.0 Å². The molecule has 2 rings (SSSR count). The van der Waals surface area contributed by atoms with Gasteiger partial charge in [0.1, 0.15) is 10.7 Å². The van der Waals surface area contributed by atoms with Crippen LogP contribution in [0.5, 0.6) is 0 Å². The number of nitrogens with zero attached hydrogens (tertiary/aromatic N) is 2. The molecule has 0 spiro atoms. The van der Waals surface area contributed by atoms with Crippen LogP contribution in [0.1, 0.15) is 12.6 Å². The lowest BCUT2D eigenvalue weighted by Gasteiger charge is -2.22. The molecular weight excluding hydrogens is 293 g/mol. The summed E-state index contributed by atoms with van der Waals surface area (Å²) < 4.78 is 41.3. The average molecular weight is 311 g/mol. The molecular formula is C14H18FN3O2S. The predicted octanol–water partition coefficient (Wildman–Crippen LogP) is 1.84. The first-order valence-electron chi connectivity index (χ1n) is 6.53. The zero-order chi connectivity index (χ0) is 15.6. The summed E-state index contributed by atoms with van der Waals surface area (Å²) in [5.74, 6) is -0.405. The minimum Gasteiger partial charge on any atom is -0.352 e. The van der Waals surface area contributed by atoms with Gasteiger partial charge in [0.05, 0.1) is 5.69 Å². The van der Waals surface area contributed by atoms with Crippen molar-refractivity contribution in [3.05, 3.63) is 48.0 Å². The minimum atomic E-state index is -3.69. The van der Waals surface area contributed by atoms with Crippen molar-refractivity contribution in [3.63, 3.8) is 0 Å². The number of hydrogen-bond donors (Lipinski definition) is 1. The average Bonchev–Trinajstić information content (AvgIpc) is 2.83. The Kier molecular flexibility index (Phi) is 4.34. The maximum absolute atomic E-state index is 13.0. The highest BCUT2D eigenvalue weighted by molar-refractivity contribution is 7.92. The van der Waals surface area contributed by atoms with Gasteiger partial charge >= 0.3 is 0 Å². The lowest BCUT2D eigenvalue weighted by Crippen LogP contribution is -2.30. The summed E-state index contributed by atoms with van der Waals surface area (Å²) in [5, 5.41) is 0. The molecule has 21 heavy (non-hydrogen) atoms. The standard InChI is InChI=1S/C14H18FN3O2S/c1-3-18(12-6-4-11(15)5-7-12)21(19,20)14-8-13(9-16)17(2)10-14/h4-8,10H,3,9,16H2,1-2H3. The zero-order valence-electron chi connectivity index (χ0n) is 12.0. The van der Waals surface area contributed by atoms with Crippen molar-refractivity contribution in [2.45, 2.75) is 18.4 Å². The monoisotopic (exact) mass is 311 g/mol. The van der Waals surface area contributed by atoms with Crippen LogP contribution in [0.25, 0.3) is 0 Å². The number of hydrogen-bond acceptors (Lipinski definition) is 3. The van der Waals surface area contributed by atoms with Gasteiger partial charge in [-0.25, -0.2) is 12.8 Å². The van der Waals surface area contributed by atoms with Gasteiger partial charge in [0.15, 0.2) is 0 Å². The number of anilines is 1. The summed E-state index contributed by atoms with van der Waals surface area (Å²) in [6.07, 6.45) is 1.53. The highest BCUT2D eigenvalue weighted by Crippen LogP contribution is 2.24. The largest absolute Gasteiger partial charge is 0.352 e. The third kappa shape index (κ3) is 2.93. The quantitative estimate of drug-likeness (QED) is 0.916. The third-order valence-electron chi connectivity index (χ3n) is 3.28. The smallest absolute Gasteiger partial charge is 0.265 e. The number of halogens is 1. The van der Waals surface area contributed by atoms with E-state index in [1.54, 1.807) is 24.6 Å². The molecule has 1 aromatic carbocycles. The van der Waals surface area contributed by atoms with E-state index in [0.29, 0.717) is 5.69 Å². The molecule has 0 unspecified atom stereocenters. The predicted molar refractivity (Wildman–Crippen MR) is 79.9 cm³/mol. The van der Waals surface area contributed by atoms with Crippen molar-refractivity contribution >= 4 is 15.7 Å². The highest BCUT2D eigenvalue weighted by atomic mass is 32.2.